The number of aromatic nitrogens is 2. The number of rotatable bonds is 4. The van der Waals surface area contributed by atoms with Crippen LogP contribution >= 0.6 is 34.5 Å². The Morgan fingerprint density at radius 2 is 1.78 bits per heavy atom. The predicted molar refractivity (Wildman–Crippen MR) is 93.6 cm³/mol. The van der Waals surface area contributed by atoms with Gasteiger partial charge in [0.05, 0.1) is 10.6 Å². The van der Waals surface area contributed by atoms with E-state index in [1.807, 2.05) is 24.3 Å². The summed E-state index contributed by atoms with van der Waals surface area (Å²) in [5.74, 6) is -0.301. The first-order valence-corrected chi connectivity index (χ1v) is 8.32. The van der Waals surface area contributed by atoms with Crippen molar-refractivity contribution in [3.63, 3.8) is 0 Å². The number of nitrogens with one attached hydrogen (secondary N) is 1. The van der Waals surface area contributed by atoms with E-state index in [4.69, 9.17) is 23.2 Å². The first-order valence-electron chi connectivity index (χ1n) is 6.74. The normalized spacial score (nSPS) is 10.5. The monoisotopic (exact) mass is 363 g/mol. The third kappa shape index (κ3) is 4.07. The molecule has 2 aromatic carbocycles. The van der Waals surface area contributed by atoms with E-state index >= 15 is 0 Å². The molecular formula is C16H11Cl2N3OS. The first-order chi connectivity index (χ1) is 11.1. The van der Waals surface area contributed by atoms with E-state index in [0.29, 0.717) is 27.2 Å². The Kier molecular flexibility index (Phi) is 4.91. The second-order valence-electron chi connectivity index (χ2n) is 4.74. The highest BCUT2D eigenvalue weighted by molar-refractivity contribution is 7.15. The molecule has 116 valence electrons. The number of amides is 1. The lowest BCUT2D eigenvalue weighted by Gasteiger charge is -2.02. The molecule has 1 heterocycles. The molecule has 1 N–H and O–H groups in total. The lowest BCUT2D eigenvalue weighted by Crippen LogP contribution is -2.12. The van der Waals surface area contributed by atoms with Crippen molar-refractivity contribution in [2.45, 2.75) is 6.42 Å². The Morgan fingerprint density at radius 3 is 2.52 bits per heavy atom. The molecule has 0 radical (unpaired) electrons. The fourth-order valence-electron chi connectivity index (χ4n) is 1.96. The maximum absolute atomic E-state index is 12.2. The lowest BCUT2D eigenvalue weighted by atomic mass is 10.2. The summed E-state index contributed by atoms with van der Waals surface area (Å²) in [5, 5.41) is 13.1. The molecule has 0 aliphatic heterocycles. The molecule has 4 nitrogen and oxygen atoms in total. The second-order valence-corrected chi connectivity index (χ2v) is 6.64. The molecule has 0 unspecified atom stereocenters. The number of carbonyl (C=O) groups excluding carboxylic acids is 1. The summed E-state index contributed by atoms with van der Waals surface area (Å²) in [4.78, 5) is 12.2. The fourth-order valence-corrected chi connectivity index (χ4v) is 3.08. The van der Waals surface area contributed by atoms with Crippen molar-refractivity contribution in [1.82, 2.24) is 10.2 Å². The molecule has 0 saturated heterocycles. The number of carbonyl (C=O) groups is 1. The molecule has 0 spiro atoms. The maximum atomic E-state index is 12.2. The molecule has 0 atom stereocenters. The largest absolute Gasteiger partial charge is 0.296 e. The van der Waals surface area contributed by atoms with Crippen molar-refractivity contribution >= 4 is 45.6 Å². The molecule has 23 heavy (non-hydrogen) atoms. The molecule has 0 aliphatic carbocycles. The van der Waals surface area contributed by atoms with Crippen LogP contribution in [0, 0.1) is 0 Å². The Morgan fingerprint density at radius 1 is 1.04 bits per heavy atom. The smallest absolute Gasteiger partial charge is 0.259 e. The van der Waals surface area contributed by atoms with Crippen LogP contribution in [0.2, 0.25) is 10.0 Å². The predicted octanol–water partition coefficient (Wildman–Crippen LogP) is 4.69. The van der Waals surface area contributed by atoms with Gasteiger partial charge >= 0.3 is 0 Å². The van der Waals surface area contributed by atoms with E-state index < -0.39 is 0 Å². The van der Waals surface area contributed by atoms with Crippen molar-refractivity contribution in [3.8, 4) is 0 Å². The molecule has 1 aromatic heterocycles. The fraction of sp³-hybridized carbons (Fsp3) is 0.0625. The zero-order chi connectivity index (χ0) is 16.2. The molecule has 0 fully saturated rings. The van der Waals surface area contributed by atoms with Gasteiger partial charge in [-0.25, -0.2) is 0 Å². The van der Waals surface area contributed by atoms with Gasteiger partial charge in [0, 0.05) is 11.4 Å². The van der Waals surface area contributed by atoms with Crippen LogP contribution in [-0.4, -0.2) is 16.1 Å². The van der Waals surface area contributed by atoms with Gasteiger partial charge in [-0.2, -0.15) is 0 Å². The summed E-state index contributed by atoms with van der Waals surface area (Å²) >= 11 is 13.2. The van der Waals surface area contributed by atoms with Gasteiger partial charge in [-0.15, -0.1) is 10.2 Å². The average molecular weight is 364 g/mol. The van der Waals surface area contributed by atoms with Crippen LogP contribution in [0.15, 0.2) is 48.5 Å². The van der Waals surface area contributed by atoms with E-state index in [1.165, 1.54) is 11.3 Å². The van der Waals surface area contributed by atoms with Crippen LogP contribution in [0.4, 0.5) is 5.13 Å². The topological polar surface area (TPSA) is 54.9 Å². The first kappa shape index (κ1) is 15.9. The Labute approximate surface area is 147 Å². The number of anilines is 1. The van der Waals surface area contributed by atoms with Crippen LogP contribution in [0.1, 0.15) is 20.9 Å². The van der Waals surface area contributed by atoms with Crippen LogP contribution in [-0.2, 0) is 6.42 Å². The highest BCUT2D eigenvalue weighted by atomic mass is 35.5. The minimum absolute atomic E-state index is 0.301. The van der Waals surface area contributed by atoms with Crippen LogP contribution in [0.25, 0.3) is 0 Å². The zero-order valence-electron chi connectivity index (χ0n) is 11.8. The van der Waals surface area contributed by atoms with Crippen molar-refractivity contribution in [2.75, 3.05) is 5.32 Å². The summed E-state index contributed by atoms with van der Waals surface area (Å²) in [7, 11) is 0. The Bertz CT molecular complexity index is 833. The Balaban J connectivity index is 1.69. The number of halogens is 2. The highest BCUT2D eigenvalue weighted by Gasteiger charge is 2.13. The molecule has 3 rings (SSSR count). The molecule has 0 bridgehead atoms. The standard InChI is InChI=1S/C16H11Cl2N3OS/c17-11-7-5-10(6-8-11)9-14-20-21-16(23-14)19-15(22)12-3-1-2-4-13(12)18/h1-8H,9H2,(H,19,21,22). The van der Waals surface area contributed by atoms with Crippen LogP contribution in [0.5, 0.6) is 0 Å². The minimum atomic E-state index is -0.301. The van der Waals surface area contributed by atoms with Gasteiger partial charge < -0.3 is 0 Å². The van der Waals surface area contributed by atoms with Gasteiger partial charge in [0.1, 0.15) is 5.01 Å². The number of nitrogens with zero attached hydrogens (tertiary/aromatic N) is 2. The van der Waals surface area contributed by atoms with Crippen molar-refractivity contribution < 1.29 is 4.79 Å². The van der Waals surface area contributed by atoms with Gasteiger partial charge in [-0.1, -0.05) is 58.8 Å². The molecule has 1 amide bonds. The highest BCUT2D eigenvalue weighted by Crippen LogP contribution is 2.22. The van der Waals surface area contributed by atoms with E-state index in [-0.39, 0.29) is 5.91 Å². The molecular weight excluding hydrogens is 353 g/mol. The lowest BCUT2D eigenvalue weighted by molar-refractivity contribution is 0.102. The minimum Gasteiger partial charge on any atom is -0.296 e. The summed E-state index contributed by atoms with van der Waals surface area (Å²) in [6, 6.07) is 14.4. The van der Waals surface area contributed by atoms with Crippen molar-refractivity contribution in [3.05, 3.63) is 74.7 Å². The van der Waals surface area contributed by atoms with Crippen molar-refractivity contribution in [1.29, 1.82) is 0 Å². The summed E-state index contributed by atoms with van der Waals surface area (Å²) in [6.07, 6.45) is 0.636. The van der Waals surface area contributed by atoms with Gasteiger partial charge in [-0.05, 0) is 29.8 Å². The van der Waals surface area contributed by atoms with Crippen LogP contribution < -0.4 is 5.32 Å². The van der Waals surface area contributed by atoms with Crippen LogP contribution in [0.3, 0.4) is 0 Å². The second kappa shape index (κ2) is 7.08. The Hall–Kier alpha value is -1.95. The molecule has 0 aliphatic rings. The number of hydrogen-bond acceptors (Lipinski definition) is 4. The van der Waals surface area contributed by atoms with Gasteiger partial charge in [0.2, 0.25) is 5.13 Å². The summed E-state index contributed by atoms with van der Waals surface area (Å²) < 4.78 is 0. The summed E-state index contributed by atoms with van der Waals surface area (Å²) in [5.41, 5.74) is 1.48. The van der Waals surface area contributed by atoms with E-state index in [1.54, 1.807) is 24.3 Å². The molecule has 0 saturated carbocycles. The van der Waals surface area contributed by atoms with E-state index in [2.05, 4.69) is 15.5 Å². The molecule has 7 heteroatoms. The van der Waals surface area contributed by atoms with Gasteiger partial charge in [-0.3, -0.25) is 10.1 Å². The van der Waals surface area contributed by atoms with E-state index in [0.717, 1.165) is 10.6 Å². The molecule has 3 aromatic rings. The summed E-state index contributed by atoms with van der Waals surface area (Å²) in [6.45, 7) is 0. The maximum Gasteiger partial charge on any atom is 0.259 e. The number of benzene rings is 2. The average Bonchev–Trinajstić information content (AvgIpc) is 2.97. The quantitative estimate of drug-likeness (QED) is 0.731. The number of hydrogen-bond donors (Lipinski definition) is 1. The van der Waals surface area contributed by atoms with Gasteiger partial charge in [0.15, 0.2) is 0 Å². The SMILES string of the molecule is O=C(Nc1nnc(Cc2ccc(Cl)cc2)s1)c1ccccc1Cl. The third-order valence-corrected chi connectivity index (χ3v) is 4.49. The zero-order valence-corrected chi connectivity index (χ0v) is 14.1. The third-order valence-electron chi connectivity index (χ3n) is 3.07. The van der Waals surface area contributed by atoms with Crippen molar-refractivity contribution in [2.24, 2.45) is 0 Å². The van der Waals surface area contributed by atoms with E-state index in [9.17, 15) is 4.79 Å². The van der Waals surface area contributed by atoms with Gasteiger partial charge in [0.25, 0.3) is 5.91 Å².